The Labute approximate surface area is 175 Å². The maximum atomic E-state index is 12.8. The van der Waals surface area contributed by atoms with Crippen LogP contribution in [0.3, 0.4) is 0 Å². The first-order valence-electron chi connectivity index (χ1n) is 9.43. The second-order valence-corrected chi connectivity index (χ2v) is 9.33. The lowest BCUT2D eigenvalue weighted by Crippen LogP contribution is -2.46. The number of carbonyl (C=O) groups is 3. The Balaban J connectivity index is 2.34. The number of rotatable bonds is 7. The van der Waals surface area contributed by atoms with Crippen LogP contribution in [-0.2, 0) is 24.3 Å². The Morgan fingerprint density at radius 1 is 1.17 bits per heavy atom. The Hall–Kier alpha value is -2.95. The molecule has 164 valence electrons. The molecule has 1 aromatic carbocycles. The molecular weight excluding hydrogens is 412 g/mol. The molecule has 4 N–H and O–H groups in total. The number of fused-ring (bicyclic) bond motifs is 1. The van der Waals surface area contributed by atoms with Crippen molar-refractivity contribution in [2.24, 2.45) is 22.6 Å². The molecule has 0 saturated carbocycles. The molecule has 2 atom stereocenters. The molecule has 1 aliphatic heterocycles. The number of nitrogens with one attached hydrogen (secondary N) is 2. The number of urea groups is 1. The predicted molar refractivity (Wildman–Crippen MR) is 109 cm³/mol. The highest BCUT2D eigenvalue weighted by Gasteiger charge is 2.34. The maximum Gasteiger partial charge on any atom is 0.331 e. The number of hydrogen-bond acceptors (Lipinski definition) is 7. The lowest BCUT2D eigenvalue weighted by atomic mass is 10.0. The molecule has 1 heterocycles. The molecule has 2 unspecified atom stereocenters. The van der Waals surface area contributed by atoms with E-state index in [0.29, 0.717) is 5.56 Å². The fourth-order valence-corrected chi connectivity index (χ4v) is 4.16. The molecule has 1 aliphatic rings. The number of carbonyl (C=O) groups excluding carboxylic acids is 3. The summed E-state index contributed by atoms with van der Waals surface area (Å²) in [6.45, 7) is 7.02. The minimum Gasteiger partial charge on any atom is -0.450 e. The van der Waals surface area contributed by atoms with Crippen LogP contribution in [0.5, 0.6) is 0 Å². The van der Waals surface area contributed by atoms with Crippen LogP contribution in [0.1, 0.15) is 39.7 Å². The Bertz CT molecular complexity index is 971. The minimum absolute atomic E-state index is 0.0251. The SMILES string of the molecule is CC(C)CC(N=C1NS(=O)(=O)c2ccccc21)C(=O)OC(C(=O)NC(N)=O)C(C)C. The van der Waals surface area contributed by atoms with Gasteiger partial charge < -0.3 is 10.5 Å². The van der Waals surface area contributed by atoms with Crippen molar-refractivity contribution in [3.05, 3.63) is 29.8 Å². The van der Waals surface area contributed by atoms with Crippen molar-refractivity contribution < 1.29 is 27.5 Å². The highest BCUT2D eigenvalue weighted by Crippen LogP contribution is 2.24. The van der Waals surface area contributed by atoms with E-state index < -0.39 is 46.0 Å². The number of aliphatic imine (C=N–C) groups is 1. The van der Waals surface area contributed by atoms with Gasteiger partial charge in [-0.15, -0.1) is 0 Å². The fraction of sp³-hybridized carbons (Fsp3) is 0.474. The first-order valence-corrected chi connectivity index (χ1v) is 10.9. The quantitative estimate of drug-likeness (QED) is 0.537. The molecule has 0 radical (unpaired) electrons. The van der Waals surface area contributed by atoms with Crippen LogP contribution in [-0.4, -0.2) is 44.3 Å². The number of amidine groups is 1. The average Bonchev–Trinajstić information content (AvgIpc) is 2.88. The second-order valence-electron chi connectivity index (χ2n) is 7.68. The highest BCUT2D eigenvalue weighted by atomic mass is 32.2. The standard InChI is InChI=1S/C19H26N4O6S/c1-10(2)9-13(18(25)29-15(11(3)4)17(24)22-19(20)26)21-16-12-7-5-6-8-14(12)30(27,28)23-16/h5-8,10-11,13,15H,9H2,1-4H3,(H,21,23)(H3,20,22,24,26). The predicted octanol–water partition coefficient (Wildman–Crippen LogP) is 0.903. The number of benzene rings is 1. The van der Waals surface area contributed by atoms with Gasteiger partial charge in [0.25, 0.3) is 15.9 Å². The van der Waals surface area contributed by atoms with Gasteiger partial charge in [-0.1, -0.05) is 39.8 Å². The van der Waals surface area contributed by atoms with E-state index in [4.69, 9.17) is 10.5 Å². The summed E-state index contributed by atoms with van der Waals surface area (Å²) in [5.41, 5.74) is 5.32. The number of sulfonamides is 1. The van der Waals surface area contributed by atoms with Crippen molar-refractivity contribution in [1.82, 2.24) is 10.0 Å². The largest absolute Gasteiger partial charge is 0.450 e. The molecule has 30 heavy (non-hydrogen) atoms. The number of imide groups is 1. The normalized spacial score (nSPS) is 17.9. The van der Waals surface area contributed by atoms with Gasteiger partial charge in [0.15, 0.2) is 6.10 Å². The average molecular weight is 439 g/mol. The number of primary amides is 1. The number of esters is 1. The van der Waals surface area contributed by atoms with Crippen molar-refractivity contribution >= 4 is 33.8 Å². The Kier molecular flexibility index (Phi) is 7.19. The zero-order valence-corrected chi connectivity index (χ0v) is 18.0. The summed E-state index contributed by atoms with van der Waals surface area (Å²) in [7, 11) is -3.77. The summed E-state index contributed by atoms with van der Waals surface area (Å²) >= 11 is 0. The van der Waals surface area contributed by atoms with E-state index in [1.54, 1.807) is 32.0 Å². The van der Waals surface area contributed by atoms with Crippen molar-refractivity contribution in [2.45, 2.75) is 51.2 Å². The summed E-state index contributed by atoms with van der Waals surface area (Å²) in [6, 6.07) is 4.16. The molecule has 0 spiro atoms. The number of amides is 3. The van der Waals surface area contributed by atoms with Crippen molar-refractivity contribution in [3.8, 4) is 0 Å². The van der Waals surface area contributed by atoms with Gasteiger partial charge in [-0.25, -0.2) is 18.0 Å². The van der Waals surface area contributed by atoms with Crippen LogP contribution >= 0.6 is 0 Å². The summed E-state index contributed by atoms with van der Waals surface area (Å²) in [4.78, 5) is 40.4. The molecule has 10 nitrogen and oxygen atoms in total. The first kappa shape index (κ1) is 23.3. The summed E-state index contributed by atoms with van der Waals surface area (Å²) < 4.78 is 32.3. The summed E-state index contributed by atoms with van der Waals surface area (Å²) in [5, 5.41) is 1.90. The lowest BCUT2D eigenvalue weighted by molar-refractivity contribution is -0.159. The van der Waals surface area contributed by atoms with Crippen LogP contribution in [0.4, 0.5) is 4.79 Å². The molecule has 0 fully saturated rings. The number of nitrogens with two attached hydrogens (primary N) is 1. The van der Waals surface area contributed by atoms with Gasteiger partial charge in [0.05, 0.1) is 4.90 Å². The Morgan fingerprint density at radius 3 is 2.37 bits per heavy atom. The molecule has 0 aromatic heterocycles. The van der Waals surface area contributed by atoms with E-state index >= 15 is 0 Å². The molecule has 1 aromatic rings. The van der Waals surface area contributed by atoms with E-state index in [2.05, 4.69) is 9.71 Å². The zero-order valence-electron chi connectivity index (χ0n) is 17.2. The lowest BCUT2D eigenvalue weighted by Gasteiger charge is -2.22. The van der Waals surface area contributed by atoms with Gasteiger partial charge >= 0.3 is 12.0 Å². The monoisotopic (exact) mass is 438 g/mol. The van der Waals surface area contributed by atoms with Gasteiger partial charge in [-0.05, 0) is 30.4 Å². The maximum absolute atomic E-state index is 12.8. The third-order valence-electron chi connectivity index (χ3n) is 4.27. The molecular formula is C19H26N4O6S. The van der Waals surface area contributed by atoms with Crippen LogP contribution < -0.4 is 15.8 Å². The third kappa shape index (κ3) is 5.56. The Morgan fingerprint density at radius 2 is 1.80 bits per heavy atom. The van der Waals surface area contributed by atoms with Gasteiger partial charge in [-0.2, -0.15) is 0 Å². The fourth-order valence-electron chi connectivity index (χ4n) is 2.92. The van der Waals surface area contributed by atoms with E-state index in [1.165, 1.54) is 6.07 Å². The second kappa shape index (κ2) is 9.24. The summed E-state index contributed by atoms with van der Waals surface area (Å²) in [6.07, 6.45) is -0.999. The van der Waals surface area contributed by atoms with Crippen molar-refractivity contribution in [1.29, 1.82) is 0 Å². The van der Waals surface area contributed by atoms with E-state index in [0.717, 1.165) is 0 Å². The molecule has 11 heteroatoms. The van der Waals surface area contributed by atoms with Gasteiger partial charge in [0.2, 0.25) is 0 Å². The third-order valence-corrected chi connectivity index (χ3v) is 5.66. The van der Waals surface area contributed by atoms with E-state index in [-0.39, 0.29) is 23.1 Å². The summed E-state index contributed by atoms with van der Waals surface area (Å²) in [5.74, 6) is -2.02. The minimum atomic E-state index is -3.77. The van der Waals surface area contributed by atoms with Gasteiger partial charge in [0.1, 0.15) is 11.9 Å². The van der Waals surface area contributed by atoms with E-state index in [1.807, 2.05) is 19.2 Å². The smallest absolute Gasteiger partial charge is 0.331 e. The van der Waals surface area contributed by atoms with Crippen LogP contribution in [0.15, 0.2) is 34.2 Å². The van der Waals surface area contributed by atoms with Crippen LogP contribution in [0.2, 0.25) is 0 Å². The molecule has 0 aliphatic carbocycles. The molecule has 0 bridgehead atoms. The van der Waals surface area contributed by atoms with Crippen molar-refractivity contribution in [3.63, 3.8) is 0 Å². The molecule has 3 amide bonds. The van der Waals surface area contributed by atoms with Crippen LogP contribution in [0, 0.1) is 11.8 Å². The highest BCUT2D eigenvalue weighted by molar-refractivity contribution is 7.90. The van der Waals surface area contributed by atoms with Crippen molar-refractivity contribution in [2.75, 3.05) is 0 Å². The number of nitrogens with zero attached hydrogens (tertiary/aromatic N) is 1. The first-order chi connectivity index (χ1) is 13.9. The van der Waals surface area contributed by atoms with Gasteiger partial charge in [0, 0.05) is 5.56 Å². The number of ether oxygens (including phenoxy) is 1. The zero-order chi connectivity index (χ0) is 22.6. The van der Waals surface area contributed by atoms with Crippen LogP contribution in [0.25, 0.3) is 0 Å². The topological polar surface area (TPSA) is 157 Å². The van der Waals surface area contributed by atoms with Gasteiger partial charge in [-0.3, -0.25) is 19.8 Å². The number of hydrogen-bond donors (Lipinski definition) is 3. The molecule has 2 rings (SSSR count). The molecule has 0 saturated heterocycles. The van der Waals surface area contributed by atoms with E-state index in [9.17, 15) is 22.8 Å².